The number of rotatable bonds is 3. The van der Waals surface area contributed by atoms with E-state index in [0.29, 0.717) is 11.7 Å². The van der Waals surface area contributed by atoms with Gasteiger partial charge in [-0.2, -0.15) is 0 Å². The number of aromatic nitrogens is 2. The van der Waals surface area contributed by atoms with Crippen LogP contribution in [-0.2, 0) is 0 Å². The van der Waals surface area contributed by atoms with Crippen LogP contribution >= 0.6 is 0 Å². The fourth-order valence-electron chi connectivity index (χ4n) is 2.03. The van der Waals surface area contributed by atoms with Gasteiger partial charge in [-0.05, 0) is 31.6 Å². The molecular weight excluding hydrogens is 204 g/mol. The molecule has 0 spiro atoms. The molecule has 1 aliphatic rings. The van der Waals surface area contributed by atoms with Gasteiger partial charge >= 0.3 is 0 Å². The Kier molecular flexibility index (Phi) is 3.56. The van der Waals surface area contributed by atoms with Gasteiger partial charge in [0, 0.05) is 6.54 Å². The summed E-state index contributed by atoms with van der Waals surface area (Å²) in [7, 11) is 0. The molecule has 0 radical (unpaired) electrons. The first kappa shape index (κ1) is 11.1. The second kappa shape index (κ2) is 5.12. The van der Waals surface area contributed by atoms with Crippen molar-refractivity contribution in [3.05, 3.63) is 12.4 Å². The number of aliphatic hydroxyl groups excluding tert-OH is 1. The van der Waals surface area contributed by atoms with Gasteiger partial charge in [-0.15, -0.1) is 0 Å². The van der Waals surface area contributed by atoms with Crippen LogP contribution in [0.3, 0.4) is 0 Å². The van der Waals surface area contributed by atoms with Crippen LogP contribution in [0.25, 0.3) is 0 Å². The monoisotopic (exact) mass is 222 g/mol. The predicted molar refractivity (Wildman–Crippen MR) is 62.9 cm³/mol. The normalized spacial score (nSPS) is 25.3. The van der Waals surface area contributed by atoms with Crippen molar-refractivity contribution in [1.29, 1.82) is 0 Å². The number of nitrogens with two attached hydrogens (primary N) is 1. The zero-order valence-electron chi connectivity index (χ0n) is 9.26. The van der Waals surface area contributed by atoms with Crippen LogP contribution in [-0.4, -0.2) is 27.7 Å². The minimum absolute atomic E-state index is 0.0902. The number of nitrogen functional groups attached to an aromatic ring is 1. The van der Waals surface area contributed by atoms with Crippen molar-refractivity contribution < 1.29 is 5.11 Å². The number of anilines is 2. The summed E-state index contributed by atoms with van der Waals surface area (Å²) in [6.45, 7) is 0.894. The van der Waals surface area contributed by atoms with Crippen LogP contribution in [0.15, 0.2) is 12.4 Å². The van der Waals surface area contributed by atoms with Gasteiger partial charge in [-0.25, -0.2) is 9.97 Å². The maximum atomic E-state index is 9.39. The van der Waals surface area contributed by atoms with Crippen LogP contribution in [0.5, 0.6) is 0 Å². The predicted octanol–water partition coefficient (Wildman–Crippen LogP) is 1.02. The van der Waals surface area contributed by atoms with E-state index in [1.807, 2.05) is 0 Å². The molecule has 88 valence electrons. The van der Waals surface area contributed by atoms with Crippen molar-refractivity contribution in [3.8, 4) is 0 Å². The molecule has 5 nitrogen and oxygen atoms in total. The van der Waals surface area contributed by atoms with E-state index in [1.54, 1.807) is 12.4 Å². The third-order valence-electron chi connectivity index (χ3n) is 3.06. The molecule has 5 heteroatoms. The van der Waals surface area contributed by atoms with E-state index in [2.05, 4.69) is 15.3 Å². The molecule has 0 bridgehead atoms. The Morgan fingerprint density at radius 1 is 1.25 bits per heavy atom. The lowest BCUT2D eigenvalue weighted by atomic mass is 9.87. The van der Waals surface area contributed by atoms with Crippen LogP contribution < -0.4 is 11.1 Å². The van der Waals surface area contributed by atoms with E-state index in [-0.39, 0.29) is 6.10 Å². The lowest BCUT2D eigenvalue weighted by molar-refractivity contribution is 0.111. The van der Waals surface area contributed by atoms with Gasteiger partial charge in [0.2, 0.25) is 0 Å². The molecule has 0 amide bonds. The van der Waals surface area contributed by atoms with Gasteiger partial charge in [0.1, 0.15) is 11.6 Å². The largest absolute Gasteiger partial charge is 0.393 e. The molecule has 1 aromatic heterocycles. The van der Waals surface area contributed by atoms with Crippen molar-refractivity contribution in [2.24, 2.45) is 5.92 Å². The van der Waals surface area contributed by atoms with Gasteiger partial charge in [-0.1, -0.05) is 0 Å². The fourth-order valence-corrected chi connectivity index (χ4v) is 2.03. The van der Waals surface area contributed by atoms with E-state index in [9.17, 15) is 5.11 Å². The zero-order chi connectivity index (χ0) is 11.4. The summed E-state index contributed by atoms with van der Waals surface area (Å²) in [4.78, 5) is 8.10. The van der Waals surface area contributed by atoms with Crippen molar-refractivity contribution >= 4 is 11.6 Å². The Labute approximate surface area is 95.1 Å². The molecule has 0 aliphatic heterocycles. The summed E-state index contributed by atoms with van der Waals surface area (Å²) in [5, 5.41) is 12.6. The highest BCUT2D eigenvalue weighted by atomic mass is 16.3. The van der Waals surface area contributed by atoms with Crippen molar-refractivity contribution in [2.45, 2.75) is 31.8 Å². The van der Waals surface area contributed by atoms with Gasteiger partial charge in [-0.3, -0.25) is 0 Å². The first-order chi connectivity index (χ1) is 7.74. The Hall–Kier alpha value is -1.36. The first-order valence-electron chi connectivity index (χ1n) is 5.73. The molecule has 0 saturated heterocycles. The lowest BCUT2D eigenvalue weighted by Gasteiger charge is -2.25. The number of nitrogens with zero attached hydrogens (tertiary/aromatic N) is 2. The highest BCUT2D eigenvalue weighted by Crippen LogP contribution is 2.24. The molecule has 1 heterocycles. The van der Waals surface area contributed by atoms with Crippen LogP contribution in [0.4, 0.5) is 11.6 Å². The lowest BCUT2D eigenvalue weighted by Crippen LogP contribution is -2.23. The van der Waals surface area contributed by atoms with Gasteiger partial charge in [0.15, 0.2) is 0 Å². The van der Waals surface area contributed by atoms with Crippen LogP contribution in [0.1, 0.15) is 25.7 Å². The molecular formula is C11H18N4O. The smallest absolute Gasteiger partial charge is 0.144 e. The maximum Gasteiger partial charge on any atom is 0.144 e. The summed E-state index contributed by atoms with van der Waals surface area (Å²) in [6, 6.07) is 0. The quantitative estimate of drug-likeness (QED) is 0.711. The molecule has 16 heavy (non-hydrogen) atoms. The molecule has 2 rings (SSSR count). The molecule has 1 aliphatic carbocycles. The second-order valence-electron chi connectivity index (χ2n) is 4.38. The maximum absolute atomic E-state index is 9.39. The Morgan fingerprint density at radius 3 is 2.62 bits per heavy atom. The number of aliphatic hydroxyl groups is 1. The van der Waals surface area contributed by atoms with Crippen molar-refractivity contribution in [3.63, 3.8) is 0 Å². The standard InChI is InChI=1S/C11H18N4O/c12-10-6-15-11(7-13-10)14-5-8-1-3-9(16)4-2-8/h6-9,16H,1-5H2,(H2,12,13)(H,14,15). The molecule has 0 unspecified atom stereocenters. The topological polar surface area (TPSA) is 84.1 Å². The average Bonchev–Trinajstić information content (AvgIpc) is 2.30. The molecule has 1 fully saturated rings. The van der Waals surface area contributed by atoms with E-state index < -0.39 is 0 Å². The second-order valence-corrected chi connectivity index (χ2v) is 4.38. The number of hydrogen-bond donors (Lipinski definition) is 3. The average molecular weight is 222 g/mol. The Morgan fingerprint density at radius 2 is 2.00 bits per heavy atom. The van der Waals surface area contributed by atoms with Crippen LogP contribution in [0, 0.1) is 5.92 Å². The zero-order valence-corrected chi connectivity index (χ0v) is 9.26. The van der Waals surface area contributed by atoms with Gasteiger partial charge < -0.3 is 16.2 Å². The first-order valence-corrected chi connectivity index (χ1v) is 5.73. The molecule has 0 aromatic carbocycles. The van der Waals surface area contributed by atoms with Gasteiger partial charge in [0.05, 0.1) is 18.5 Å². The van der Waals surface area contributed by atoms with Crippen LogP contribution in [0.2, 0.25) is 0 Å². The number of hydrogen-bond acceptors (Lipinski definition) is 5. The number of nitrogens with one attached hydrogen (secondary N) is 1. The van der Waals surface area contributed by atoms with E-state index in [1.165, 1.54) is 0 Å². The third kappa shape index (κ3) is 3.06. The highest BCUT2D eigenvalue weighted by molar-refractivity contribution is 5.35. The SMILES string of the molecule is Nc1cnc(NCC2CCC(O)CC2)cn1. The summed E-state index contributed by atoms with van der Waals surface area (Å²) >= 11 is 0. The minimum Gasteiger partial charge on any atom is -0.393 e. The van der Waals surface area contributed by atoms with E-state index in [0.717, 1.165) is 38.0 Å². The molecule has 0 atom stereocenters. The fraction of sp³-hybridized carbons (Fsp3) is 0.636. The minimum atomic E-state index is -0.0902. The molecule has 4 N–H and O–H groups in total. The van der Waals surface area contributed by atoms with Crippen molar-refractivity contribution in [2.75, 3.05) is 17.6 Å². The summed E-state index contributed by atoms with van der Waals surface area (Å²) < 4.78 is 0. The summed E-state index contributed by atoms with van der Waals surface area (Å²) in [6.07, 6.45) is 7.10. The summed E-state index contributed by atoms with van der Waals surface area (Å²) in [5.74, 6) is 1.83. The van der Waals surface area contributed by atoms with E-state index >= 15 is 0 Å². The van der Waals surface area contributed by atoms with Crippen molar-refractivity contribution in [1.82, 2.24) is 9.97 Å². The Balaban J connectivity index is 1.77. The Bertz CT molecular complexity index is 319. The molecule has 1 saturated carbocycles. The third-order valence-corrected chi connectivity index (χ3v) is 3.06. The molecule has 1 aromatic rings. The summed E-state index contributed by atoms with van der Waals surface area (Å²) in [5.41, 5.74) is 5.45. The van der Waals surface area contributed by atoms with Gasteiger partial charge in [0.25, 0.3) is 0 Å². The highest BCUT2D eigenvalue weighted by Gasteiger charge is 2.18. The van der Waals surface area contributed by atoms with E-state index in [4.69, 9.17) is 5.73 Å².